The van der Waals surface area contributed by atoms with Crippen LogP contribution in [-0.4, -0.2) is 59.5 Å². The number of amides is 2. The molecule has 0 fully saturated rings. The Labute approximate surface area is 180 Å². The van der Waals surface area contributed by atoms with E-state index in [0.29, 0.717) is 17.9 Å². The SMILES string of the molecule is CCN(CCOc1ccc2c(c1)C(=O)N(CCCO[N+](=O)[O-])C2=O)Cc1ccccc1. The predicted octanol–water partition coefficient (Wildman–Crippen LogP) is 2.78. The molecule has 1 aliphatic heterocycles. The van der Waals surface area contributed by atoms with E-state index in [2.05, 4.69) is 28.8 Å². The lowest BCUT2D eigenvalue weighted by Crippen LogP contribution is -2.31. The van der Waals surface area contributed by atoms with Crippen LogP contribution in [-0.2, 0) is 11.4 Å². The number of hydrogen-bond acceptors (Lipinski definition) is 7. The van der Waals surface area contributed by atoms with E-state index in [1.54, 1.807) is 18.2 Å². The average molecular weight is 427 g/mol. The minimum atomic E-state index is -0.897. The summed E-state index contributed by atoms with van der Waals surface area (Å²) in [6, 6.07) is 15.0. The topological polar surface area (TPSA) is 102 Å². The van der Waals surface area contributed by atoms with E-state index in [9.17, 15) is 19.7 Å². The lowest BCUT2D eigenvalue weighted by Gasteiger charge is -2.20. The van der Waals surface area contributed by atoms with Gasteiger partial charge in [-0.05, 0) is 36.7 Å². The molecular weight excluding hydrogens is 402 g/mol. The van der Waals surface area contributed by atoms with Gasteiger partial charge in [0.1, 0.15) is 12.4 Å². The second-order valence-electron chi connectivity index (χ2n) is 7.08. The summed E-state index contributed by atoms with van der Waals surface area (Å²) in [4.78, 5) is 42.8. The normalized spacial score (nSPS) is 12.9. The molecule has 0 saturated carbocycles. The van der Waals surface area contributed by atoms with Gasteiger partial charge in [0.25, 0.3) is 16.9 Å². The molecule has 9 nitrogen and oxygen atoms in total. The maximum atomic E-state index is 12.6. The highest BCUT2D eigenvalue weighted by atomic mass is 16.9. The summed E-state index contributed by atoms with van der Waals surface area (Å²) in [7, 11) is 0. The van der Waals surface area contributed by atoms with Crippen LogP contribution in [0.1, 0.15) is 39.6 Å². The molecule has 1 aliphatic rings. The van der Waals surface area contributed by atoms with Crippen LogP contribution in [0.4, 0.5) is 0 Å². The van der Waals surface area contributed by atoms with E-state index in [4.69, 9.17) is 4.74 Å². The van der Waals surface area contributed by atoms with Gasteiger partial charge in [0.05, 0.1) is 17.7 Å². The predicted molar refractivity (Wildman–Crippen MR) is 112 cm³/mol. The Morgan fingerprint density at radius 1 is 1.03 bits per heavy atom. The van der Waals surface area contributed by atoms with Gasteiger partial charge in [-0.15, -0.1) is 10.1 Å². The lowest BCUT2D eigenvalue weighted by molar-refractivity contribution is -0.757. The average Bonchev–Trinajstić information content (AvgIpc) is 3.00. The van der Waals surface area contributed by atoms with E-state index >= 15 is 0 Å². The molecule has 0 radical (unpaired) electrons. The molecule has 164 valence electrons. The van der Waals surface area contributed by atoms with Gasteiger partial charge in [-0.3, -0.25) is 19.4 Å². The Balaban J connectivity index is 1.53. The van der Waals surface area contributed by atoms with Crippen molar-refractivity contribution in [3.8, 4) is 5.75 Å². The quantitative estimate of drug-likeness (QED) is 0.222. The monoisotopic (exact) mass is 427 g/mol. The van der Waals surface area contributed by atoms with Gasteiger partial charge in [0, 0.05) is 19.6 Å². The van der Waals surface area contributed by atoms with Crippen molar-refractivity contribution < 1.29 is 24.3 Å². The Morgan fingerprint density at radius 3 is 2.48 bits per heavy atom. The van der Waals surface area contributed by atoms with Crippen molar-refractivity contribution in [3.63, 3.8) is 0 Å². The molecule has 2 amide bonds. The number of nitrogens with zero attached hydrogens (tertiary/aromatic N) is 3. The van der Waals surface area contributed by atoms with Crippen LogP contribution >= 0.6 is 0 Å². The number of hydrogen-bond donors (Lipinski definition) is 0. The second kappa shape index (κ2) is 10.5. The molecule has 0 bridgehead atoms. The van der Waals surface area contributed by atoms with Crippen LogP contribution in [0.2, 0.25) is 0 Å². The molecule has 2 aromatic carbocycles. The number of rotatable bonds is 12. The Hall–Kier alpha value is -3.46. The smallest absolute Gasteiger partial charge is 0.294 e. The first kappa shape index (κ1) is 22.2. The fraction of sp³-hybridized carbons (Fsp3) is 0.364. The zero-order valence-corrected chi connectivity index (χ0v) is 17.4. The van der Waals surface area contributed by atoms with Gasteiger partial charge in [-0.1, -0.05) is 37.3 Å². The van der Waals surface area contributed by atoms with Crippen LogP contribution < -0.4 is 4.74 Å². The van der Waals surface area contributed by atoms with Crippen molar-refractivity contribution >= 4 is 11.8 Å². The summed E-state index contributed by atoms with van der Waals surface area (Å²) in [5.74, 6) is -0.312. The van der Waals surface area contributed by atoms with E-state index < -0.39 is 16.9 Å². The van der Waals surface area contributed by atoms with Gasteiger partial charge in [-0.2, -0.15) is 0 Å². The summed E-state index contributed by atoms with van der Waals surface area (Å²) in [6.07, 6.45) is 0.185. The zero-order valence-electron chi connectivity index (χ0n) is 17.4. The molecule has 3 rings (SSSR count). The molecule has 9 heteroatoms. The minimum absolute atomic E-state index is 0.0569. The minimum Gasteiger partial charge on any atom is -0.492 e. The van der Waals surface area contributed by atoms with E-state index in [1.807, 2.05) is 18.2 Å². The Bertz CT molecular complexity index is 934. The van der Waals surface area contributed by atoms with Crippen LogP contribution in [0.15, 0.2) is 48.5 Å². The van der Waals surface area contributed by atoms with Gasteiger partial charge in [-0.25, -0.2) is 0 Å². The third-order valence-electron chi connectivity index (χ3n) is 5.04. The molecule has 0 spiro atoms. The molecule has 0 unspecified atom stereocenters. The summed E-state index contributed by atoms with van der Waals surface area (Å²) < 4.78 is 5.83. The molecular formula is C22H25N3O6. The maximum absolute atomic E-state index is 12.6. The third-order valence-corrected chi connectivity index (χ3v) is 5.04. The second-order valence-corrected chi connectivity index (χ2v) is 7.08. The third kappa shape index (κ3) is 5.79. The van der Waals surface area contributed by atoms with E-state index in [0.717, 1.165) is 24.5 Å². The molecule has 0 saturated heterocycles. The van der Waals surface area contributed by atoms with E-state index in [1.165, 1.54) is 5.56 Å². The Kier molecular flexibility index (Phi) is 7.55. The highest BCUT2D eigenvalue weighted by Gasteiger charge is 2.35. The van der Waals surface area contributed by atoms with Crippen LogP contribution in [0, 0.1) is 10.1 Å². The van der Waals surface area contributed by atoms with Crippen molar-refractivity contribution in [2.24, 2.45) is 0 Å². The van der Waals surface area contributed by atoms with Crippen molar-refractivity contribution in [2.75, 3.05) is 32.8 Å². The zero-order chi connectivity index (χ0) is 22.2. The van der Waals surface area contributed by atoms with Crippen LogP contribution in [0.25, 0.3) is 0 Å². The number of ether oxygens (including phenoxy) is 1. The highest BCUT2D eigenvalue weighted by molar-refractivity contribution is 6.21. The first-order valence-electron chi connectivity index (χ1n) is 10.2. The largest absolute Gasteiger partial charge is 0.492 e. The fourth-order valence-corrected chi connectivity index (χ4v) is 3.41. The first-order chi connectivity index (χ1) is 15.0. The van der Waals surface area contributed by atoms with Gasteiger partial charge in [0.2, 0.25) is 0 Å². The number of carbonyl (C=O) groups is 2. The summed E-state index contributed by atoms with van der Waals surface area (Å²) in [5.41, 5.74) is 1.83. The van der Waals surface area contributed by atoms with Crippen molar-refractivity contribution in [1.29, 1.82) is 0 Å². The van der Waals surface area contributed by atoms with Gasteiger partial charge < -0.3 is 9.57 Å². The van der Waals surface area contributed by atoms with Gasteiger partial charge in [0.15, 0.2) is 0 Å². The number of fused-ring (bicyclic) bond motifs is 1. The number of likely N-dealkylation sites (N-methyl/N-ethyl adjacent to an activating group) is 1. The van der Waals surface area contributed by atoms with E-state index in [-0.39, 0.29) is 25.1 Å². The molecule has 0 N–H and O–H groups in total. The number of benzene rings is 2. The molecule has 0 aromatic heterocycles. The first-order valence-corrected chi connectivity index (χ1v) is 10.2. The summed E-state index contributed by atoms with van der Waals surface area (Å²) in [5, 5.41) is 9.30. The maximum Gasteiger partial charge on any atom is 0.294 e. The van der Waals surface area contributed by atoms with Gasteiger partial charge >= 0.3 is 0 Å². The molecule has 1 heterocycles. The number of carbonyl (C=O) groups excluding carboxylic acids is 2. The molecule has 0 atom stereocenters. The molecule has 0 aliphatic carbocycles. The fourth-order valence-electron chi connectivity index (χ4n) is 3.41. The summed E-state index contributed by atoms with van der Waals surface area (Å²) in [6.45, 7) is 4.85. The molecule has 31 heavy (non-hydrogen) atoms. The summed E-state index contributed by atoms with van der Waals surface area (Å²) >= 11 is 0. The van der Waals surface area contributed by atoms with Crippen molar-refractivity contribution in [1.82, 2.24) is 9.80 Å². The number of imide groups is 1. The standard InChI is InChI=1S/C22H25N3O6/c1-2-23(16-17-7-4-3-5-8-17)12-14-30-18-9-10-19-20(15-18)22(27)24(21(19)26)11-6-13-31-25(28)29/h3-5,7-10,15H,2,6,11-14,16H2,1H3. The lowest BCUT2D eigenvalue weighted by atomic mass is 10.1. The Morgan fingerprint density at radius 2 is 1.77 bits per heavy atom. The van der Waals surface area contributed by atoms with Crippen molar-refractivity contribution in [2.45, 2.75) is 19.9 Å². The van der Waals surface area contributed by atoms with Crippen LogP contribution in [0.3, 0.4) is 0 Å². The van der Waals surface area contributed by atoms with Crippen molar-refractivity contribution in [3.05, 3.63) is 75.3 Å². The highest BCUT2D eigenvalue weighted by Crippen LogP contribution is 2.27. The van der Waals surface area contributed by atoms with Crippen LogP contribution in [0.5, 0.6) is 5.75 Å². The molecule has 2 aromatic rings.